The van der Waals surface area contributed by atoms with Crippen molar-refractivity contribution in [3.05, 3.63) is 89.8 Å². The van der Waals surface area contributed by atoms with Gasteiger partial charge in [0.2, 0.25) is 5.91 Å². The molecular formula is C30H26F4N6O4S. The van der Waals surface area contributed by atoms with Crippen molar-refractivity contribution < 1.29 is 36.6 Å². The van der Waals surface area contributed by atoms with E-state index in [-0.39, 0.29) is 46.4 Å². The smallest absolute Gasteiger partial charge is 0.485 e. The minimum Gasteiger partial charge on any atom is -0.485 e. The van der Waals surface area contributed by atoms with Gasteiger partial charge in [0.15, 0.2) is 11.0 Å². The van der Waals surface area contributed by atoms with E-state index in [1.165, 1.54) is 40.2 Å². The first kappa shape index (κ1) is 31.5. The largest absolute Gasteiger partial charge is 0.573 e. The van der Waals surface area contributed by atoms with Gasteiger partial charge in [-0.1, -0.05) is 37.2 Å². The highest BCUT2D eigenvalue weighted by Gasteiger charge is 2.32. The summed E-state index contributed by atoms with van der Waals surface area (Å²) >= 11 is 1.13. The molecule has 0 radical (unpaired) electrons. The number of carbonyl (C=O) groups is 2. The number of amides is 3. The summed E-state index contributed by atoms with van der Waals surface area (Å²) in [5.74, 6) is -0.869. The van der Waals surface area contributed by atoms with E-state index in [1.54, 1.807) is 0 Å². The molecule has 1 N–H and O–H groups in total. The maximum absolute atomic E-state index is 14.9. The van der Waals surface area contributed by atoms with Gasteiger partial charge in [0, 0.05) is 6.07 Å². The molecule has 2 heterocycles. The van der Waals surface area contributed by atoms with Crippen LogP contribution in [0.25, 0.3) is 5.69 Å². The minimum atomic E-state index is -4.80. The predicted octanol–water partition coefficient (Wildman–Crippen LogP) is 6.81. The first-order valence-corrected chi connectivity index (χ1v) is 14.6. The van der Waals surface area contributed by atoms with Crippen LogP contribution in [0.3, 0.4) is 0 Å². The number of nitrogens with one attached hydrogen (secondary N) is 1. The number of hydrogen-bond donors (Lipinski definition) is 1. The Balaban J connectivity index is 1.21. The van der Waals surface area contributed by atoms with E-state index in [0.717, 1.165) is 53.9 Å². The van der Waals surface area contributed by atoms with Crippen LogP contribution in [0.5, 0.6) is 11.5 Å². The molecule has 45 heavy (non-hydrogen) atoms. The number of aryl methyl sites for hydroxylation is 2. The molecule has 1 saturated heterocycles. The van der Waals surface area contributed by atoms with Gasteiger partial charge in [-0.15, -0.1) is 18.3 Å². The molecule has 0 spiro atoms. The monoisotopic (exact) mass is 642 g/mol. The maximum atomic E-state index is 14.9. The average molecular weight is 643 g/mol. The highest BCUT2D eigenvalue weighted by molar-refractivity contribution is 8.15. The van der Waals surface area contributed by atoms with Crippen molar-refractivity contribution in [3.8, 4) is 17.2 Å². The number of thioether (sulfide) groups is 1. The SMILES string of the molecule is CCCc1ccc(C)cc1N1C(=O)CSC1=NC(=O)Nc1ccc(OCc2ncn(-c3ccc(OC(F)(F)F)cc3)n2)cc1F. The Bertz CT molecular complexity index is 1740. The Morgan fingerprint density at radius 1 is 1.09 bits per heavy atom. The van der Waals surface area contributed by atoms with Crippen LogP contribution in [0.15, 0.2) is 72.0 Å². The summed E-state index contributed by atoms with van der Waals surface area (Å²) in [6.45, 7) is 3.81. The average Bonchev–Trinajstić information content (AvgIpc) is 3.60. The Morgan fingerprint density at radius 3 is 2.56 bits per heavy atom. The van der Waals surface area contributed by atoms with Crippen molar-refractivity contribution in [2.45, 2.75) is 39.7 Å². The van der Waals surface area contributed by atoms with Gasteiger partial charge in [-0.2, -0.15) is 4.99 Å². The van der Waals surface area contributed by atoms with Crippen LogP contribution in [0.1, 0.15) is 30.3 Å². The van der Waals surface area contributed by atoms with Gasteiger partial charge in [-0.25, -0.2) is 18.9 Å². The fourth-order valence-electron chi connectivity index (χ4n) is 4.40. The van der Waals surface area contributed by atoms with E-state index >= 15 is 0 Å². The van der Waals surface area contributed by atoms with Gasteiger partial charge in [0.25, 0.3) is 0 Å². The molecule has 15 heteroatoms. The van der Waals surface area contributed by atoms with E-state index in [1.807, 2.05) is 32.0 Å². The highest BCUT2D eigenvalue weighted by atomic mass is 32.2. The zero-order valence-corrected chi connectivity index (χ0v) is 24.8. The summed E-state index contributed by atoms with van der Waals surface area (Å²) in [6, 6.07) is 13.8. The van der Waals surface area contributed by atoms with Crippen LogP contribution in [0.4, 0.5) is 33.7 Å². The van der Waals surface area contributed by atoms with Crippen molar-refractivity contribution in [3.63, 3.8) is 0 Å². The number of hydrogen-bond acceptors (Lipinski definition) is 7. The van der Waals surface area contributed by atoms with Crippen LogP contribution in [-0.2, 0) is 17.8 Å². The molecule has 0 saturated carbocycles. The van der Waals surface area contributed by atoms with E-state index in [9.17, 15) is 27.2 Å². The van der Waals surface area contributed by atoms with Crippen LogP contribution < -0.4 is 19.7 Å². The van der Waals surface area contributed by atoms with Gasteiger partial charge in [-0.05, 0) is 66.9 Å². The maximum Gasteiger partial charge on any atom is 0.573 e. The fraction of sp³-hybridized carbons (Fsp3) is 0.233. The van der Waals surface area contributed by atoms with Crippen molar-refractivity contribution in [1.29, 1.82) is 0 Å². The number of aromatic nitrogens is 3. The first-order valence-electron chi connectivity index (χ1n) is 13.6. The summed E-state index contributed by atoms with van der Waals surface area (Å²) in [7, 11) is 0. The lowest BCUT2D eigenvalue weighted by molar-refractivity contribution is -0.274. The van der Waals surface area contributed by atoms with Crippen molar-refractivity contribution in [2.75, 3.05) is 16.0 Å². The van der Waals surface area contributed by atoms with E-state index in [0.29, 0.717) is 11.4 Å². The molecule has 1 aromatic heterocycles. The molecule has 0 unspecified atom stereocenters. The molecule has 5 rings (SSSR count). The lowest BCUT2D eigenvalue weighted by atomic mass is 10.0. The number of benzene rings is 3. The number of carbonyl (C=O) groups excluding carboxylic acids is 2. The number of amidine groups is 1. The van der Waals surface area contributed by atoms with Gasteiger partial charge in [0.1, 0.15) is 30.3 Å². The van der Waals surface area contributed by atoms with Crippen molar-refractivity contribution in [1.82, 2.24) is 14.8 Å². The van der Waals surface area contributed by atoms with E-state index < -0.39 is 18.2 Å². The summed E-state index contributed by atoms with van der Waals surface area (Å²) < 4.78 is 62.7. The van der Waals surface area contributed by atoms with Crippen LogP contribution in [0, 0.1) is 12.7 Å². The lowest BCUT2D eigenvalue weighted by Gasteiger charge is -2.20. The molecule has 0 bridgehead atoms. The summed E-state index contributed by atoms with van der Waals surface area (Å²) in [6.07, 6.45) is -1.83. The molecule has 0 atom stereocenters. The van der Waals surface area contributed by atoms with E-state index in [4.69, 9.17) is 4.74 Å². The first-order chi connectivity index (χ1) is 21.5. The summed E-state index contributed by atoms with van der Waals surface area (Å²) in [4.78, 5) is 35.1. The number of nitrogens with zero attached hydrogens (tertiary/aromatic N) is 5. The minimum absolute atomic E-state index is 0.127. The number of ether oxygens (including phenoxy) is 2. The fourth-order valence-corrected chi connectivity index (χ4v) is 5.26. The topological polar surface area (TPSA) is 111 Å². The number of aliphatic imine (C=N–C) groups is 1. The van der Waals surface area contributed by atoms with Gasteiger partial charge < -0.3 is 14.8 Å². The highest BCUT2D eigenvalue weighted by Crippen LogP contribution is 2.32. The molecular weight excluding hydrogens is 616 g/mol. The molecule has 3 aromatic carbocycles. The third-order valence-corrected chi connectivity index (χ3v) is 7.31. The quantitative estimate of drug-likeness (QED) is 0.200. The summed E-state index contributed by atoms with van der Waals surface area (Å²) in [5, 5.41) is 6.82. The molecule has 1 aliphatic rings. The normalized spacial score (nSPS) is 14.2. The molecule has 1 fully saturated rings. The second kappa shape index (κ2) is 13.4. The zero-order chi connectivity index (χ0) is 32.1. The predicted molar refractivity (Wildman–Crippen MR) is 160 cm³/mol. The third kappa shape index (κ3) is 7.98. The third-order valence-electron chi connectivity index (χ3n) is 6.39. The standard InChI is InChI=1S/C30H26F4N6O4S/c1-3-4-19-6-5-18(2)13-25(19)40-27(41)16-45-29(40)37-28(42)36-24-12-11-22(14-23(24)31)43-15-26-35-17-39(38-26)20-7-9-21(10-8-20)44-30(32,33)34/h5-14,17H,3-4,15-16H2,1-2H3,(H,36,42). The molecule has 234 valence electrons. The zero-order valence-electron chi connectivity index (χ0n) is 24.0. The van der Waals surface area contributed by atoms with Gasteiger partial charge in [0.05, 0.1) is 22.8 Å². The lowest BCUT2D eigenvalue weighted by Crippen LogP contribution is -2.31. The molecule has 1 aliphatic heterocycles. The van der Waals surface area contributed by atoms with E-state index in [2.05, 4.69) is 25.1 Å². The number of alkyl halides is 3. The van der Waals surface area contributed by atoms with Gasteiger partial charge >= 0.3 is 12.4 Å². The molecule has 4 aromatic rings. The van der Waals surface area contributed by atoms with Crippen LogP contribution >= 0.6 is 11.8 Å². The molecule has 10 nitrogen and oxygen atoms in total. The Morgan fingerprint density at radius 2 is 1.84 bits per heavy atom. The summed E-state index contributed by atoms with van der Waals surface area (Å²) in [5.41, 5.74) is 2.89. The van der Waals surface area contributed by atoms with Crippen molar-refractivity contribution in [2.24, 2.45) is 4.99 Å². The number of urea groups is 1. The van der Waals surface area contributed by atoms with Crippen molar-refractivity contribution >= 4 is 40.2 Å². The molecule has 3 amide bonds. The van der Waals surface area contributed by atoms with Crippen LogP contribution in [0.2, 0.25) is 0 Å². The molecule has 0 aliphatic carbocycles. The van der Waals surface area contributed by atoms with Gasteiger partial charge in [-0.3, -0.25) is 9.69 Å². The second-order valence-electron chi connectivity index (χ2n) is 9.80. The van der Waals surface area contributed by atoms with Crippen LogP contribution in [-0.4, -0.2) is 44.0 Å². The number of anilines is 2. The number of halogens is 4. The Labute approximate surface area is 259 Å². The second-order valence-corrected chi connectivity index (χ2v) is 10.7. The number of rotatable bonds is 9. The Hall–Kier alpha value is -4.92. The Kier molecular flexibility index (Phi) is 9.37.